The van der Waals surface area contributed by atoms with Gasteiger partial charge in [-0.05, 0) is 40.5 Å². The molecule has 0 bridgehead atoms. The Labute approximate surface area is 142 Å². The molecule has 4 nitrogen and oxygen atoms in total. The fourth-order valence-electron chi connectivity index (χ4n) is 2.50. The SMILES string of the molecule is CCC(C#N)N1CCN(C(=O)c2ccc(Br)cc2Br)CC1. The molecule has 1 unspecified atom stereocenters. The topological polar surface area (TPSA) is 47.3 Å². The molecule has 0 saturated carbocycles. The zero-order valence-electron chi connectivity index (χ0n) is 11.9. The zero-order chi connectivity index (χ0) is 15.4. The molecular weight excluding hydrogens is 398 g/mol. The molecule has 21 heavy (non-hydrogen) atoms. The molecule has 1 aliphatic rings. The van der Waals surface area contributed by atoms with Crippen molar-refractivity contribution in [3.8, 4) is 6.07 Å². The van der Waals surface area contributed by atoms with E-state index in [9.17, 15) is 4.79 Å². The molecule has 2 rings (SSSR count). The van der Waals surface area contributed by atoms with Gasteiger partial charge in [-0.2, -0.15) is 5.26 Å². The predicted molar refractivity (Wildman–Crippen MR) is 89.0 cm³/mol. The number of halogens is 2. The van der Waals surface area contributed by atoms with Gasteiger partial charge in [-0.15, -0.1) is 0 Å². The van der Waals surface area contributed by atoms with Gasteiger partial charge >= 0.3 is 0 Å². The molecule has 0 aliphatic carbocycles. The Morgan fingerprint density at radius 1 is 1.33 bits per heavy atom. The fourth-order valence-corrected chi connectivity index (χ4v) is 3.72. The summed E-state index contributed by atoms with van der Waals surface area (Å²) in [4.78, 5) is 16.6. The van der Waals surface area contributed by atoms with E-state index < -0.39 is 0 Å². The molecule has 6 heteroatoms. The number of carbonyl (C=O) groups is 1. The molecular formula is C15H17Br2N3O. The van der Waals surface area contributed by atoms with Crippen molar-refractivity contribution in [1.82, 2.24) is 9.80 Å². The standard InChI is InChI=1S/C15H17Br2N3O/c1-2-12(10-18)19-5-7-20(8-6-19)15(21)13-4-3-11(16)9-14(13)17/h3-4,9,12H,2,5-8H2,1H3. The fraction of sp³-hybridized carbons (Fsp3) is 0.467. The highest BCUT2D eigenvalue weighted by Crippen LogP contribution is 2.23. The number of hydrogen-bond acceptors (Lipinski definition) is 3. The average Bonchev–Trinajstić information content (AvgIpc) is 2.48. The highest BCUT2D eigenvalue weighted by Gasteiger charge is 2.26. The van der Waals surface area contributed by atoms with Crippen LogP contribution in [-0.2, 0) is 0 Å². The van der Waals surface area contributed by atoms with Crippen molar-refractivity contribution in [1.29, 1.82) is 5.26 Å². The van der Waals surface area contributed by atoms with Gasteiger partial charge in [-0.3, -0.25) is 9.69 Å². The number of piperazine rings is 1. The van der Waals surface area contributed by atoms with Gasteiger partial charge in [0.1, 0.15) is 0 Å². The summed E-state index contributed by atoms with van der Waals surface area (Å²) < 4.78 is 1.74. The Hall–Kier alpha value is -0.900. The van der Waals surface area contributed by atoms with E-state index in [-0.39, 0.29) is 11.9 Å². The second-order valence-electron chi connectivity index (χ2n) is 5.01. The van der Waals surface area contributed by atoms with Gasteiger partial charge in [0.2, 0.25) is 0 Å². The molecule has 1 aromatic rings. The Morgan fingerprint density at radius 2 is 2.00 bits per heavy atom. The summed E-state index contributed by atoms with van der Waals surface area (Å²) >= 11 is 6.83. The lowest BCUT2D eigenvalue weighted by atomic mass is 10.1. The minimum atomic E-state index is -0.0401. The lowest BCUT2D eigenvalue weighted by Gasteiger charge is -2.36. The third kappa shape index (κ3) is 3.85. The zero-order valence-corrected chi connectivity index (χ0v) is 15.0. The van der Waals surface area contributed by atoms with Crippen LogP contribution in [0.25, 0.3) is 0 Å². The van der Waals surface area contributed by atoms with Gasteiger partial charge in [0.25, 0.3) is 5.91 Å². The first-order valence-corrected chi connectivity index (χ1v) is 8.53. The van der Waals surface area contributed by atoms with Crippen molar-refractivity contribution < 1.29 is 4.79 Å². The Kier molecular flexibility index (Phi) is 5.80. The Bertz CT molecular complexity index is 563. The number of hydrogen-bond donors (Lipinski definition) is 0. The van der Waals surface area contributed by atoms with Crippen LogP contribution in [0.15, 0.2) is 27.1 Å². The molecule has 0 N–H and O–H groups in total. The van der Waals surface area contributed by atoms with Crippen LogP contribution in [0.5, 0.6) is 0 Å². The van der Waals surface area contributed by atoms with Crippen LogP contribution in [0.4, 0.5) is 0 Å². The maximum Gasteiger partial charge on any atom is 0.255 e. The van der Waals surface area contributed by atoms with Crippen LogP contribution >= 0.6 is 31.9 Å². The van der Waals surface area contributed by atoms with E-state index in [1.807, 2.05) is 30.0 Å². The van der Waals surface area contributed by atoms with Gasteiger partial charge in [-0.1, -0.05) is 22.9 Å². The lowest BCUT2D eigenvalue weighted by Crippen LogP contribution is -2.51. The number of nitrogens with zero attached hydrogens (tertiary/aromatic N) is 3. The number of benzene rings is 1. The van der Waals surface area contributed by atoms with E-state index >= 15 is 0 Å². The third-order valence-corrected chi connectivity index (χ3v) is 4.89. The first-order chi connectivity index (χ1) is 10.1. The monoisotopic (exact) mass is 413 g/mol. The van der Waals surface area contributed by atoms with E-state index in [1.165, 1.54) is 0 Å². The molecule has 1 saturated heterocycles. The van der Waals surface area contributed by atoms with E-state index in [0.717, 1.165) is 28.5 Å². The maximum absolute atomic E-state index is 12.5. The smallest absolute Gasteiger partial charge is 0.255 e. The van der Waals surface area contributed by atoms with Crippen LogP contribution in [0.1, 0.15) is 23.7 Å². The summed E-state index contributed by atoms with van der Waals surface area (Å²) in [6.07, 6.45) is 0.822. The maximum atomic E-state index is 12.5. The quantitative estimate of drug-likeness (QED) is 0.762. The molecule has 1 fully saturated rings. The van der Waals surface area contributed by atoms with Crippen molar-refractivity contribution in [2.24, 2.45) is 0 Å². The van der Waals surface area contributed by atoms with Crippen molar-refractivity contribution in [3.05, 3.63) is 32.7 Å². The van der Waals surface area contributed by atoms with Crippen LogP contribution in [0.2, 0.25) is 0 Å². The Balaban J connectivity index is 2.02. The normalized spacial score (nSPS) is 17.3. The van der Waals surface area contributed by atoms with Crippen molar-refractivity contribution in [2.45, 2.75) is 19.4 Å². The predicted octanol–water partition coefficient (Wildman–Crippen LogP) is 3.27. The lowest BCUT2D eigenvalue weighted by molar-refractivity contribution is 0.0603. The summed E-state index contributed by atoms with van der Waals surface area (Å²) in [6.45, 7) is 4.86. The number of rotatable bonds is 3. The Morgan fingerprint density at radius 3 is 2.52 bits per heavy atom. The minimum Gasteiger partial charge on any atom is -0.336 e. The summed E-state index contributed by atoms with van der Waals surface area (Å²) in [5, 5.41) is 9.11. The summed E-state index contributed by atoms with van der Waals surface area (Å²) in [5.74, 6) is 0.0408. The van der Waals surface area contributed by atoms with Gasteiger partial charge in [0.05, 0.1) is 17.7 Å². The van der Waals surface area contributed by atoms with E-state index in [0.29, 0.717) is 18.7 Å². The summed E-state index contributed by atoms with van der Waals surface area (Å²) in [6, 6.07) is 7.86. The van der Waals surface area contributed by atoms with Gasteiger partial charge in [0.15, 0.2) is 0 Å². The van der Waals surface area contributed by atoms with Crippen LogP contribution in [0.3, 0.4) is 0 Å². The average molecular weight is 415 g/mol. The minimum absolute atomic E-state index is 0.0401. The van der Waals surface area contributed by atoms with Crippen molar-refractivity contribution >= 4 is 37.8 Å². The first-order valence-electron chi connectivity index (χ1n) is 6.94. The van der Waals surface area contributed by atoms with Crippen molar-refractivity contribution in [3.63, 3.8) is 0 Å². The second kappa shape index (κ2) is 7.39. The van der Waals surface area contributed by atoms with Crippen LogP contribution in [0, 0.1) is 11.3 Å². The molecule has 1 heterocycles. The van der Waals surface area contributed by atoms with E-state index in [2.05, 4.69) is 42.8 Å². The largest absolute Gasteiger partial charge is 0.336 e. The number of carbonyl (C=O) groups excluding carboxylic acids is 1. The molecule has 1 atom stereocenters. The molecule has 1 aliphatic heterocycles. The molecule has 0 radical (unpaired) electrons. The van der Waals surface area contributed by atoms with Gasteiger partial charge < -0.3 is 4.90 Å². The second-order valence-corrected chi connectivity index (χ2v) is 6.78. The molecule has 0 aromatic heterocycles. The number of nitriles is 1. The van der Waals surface area contributed by atoms with E-state index in [4.69, 9.17) is 5.26 Å². The third-order valence-electron chi connectivity index (χ3n) is 3.74. The highest BCUT2D eigenvalue weighted by atomic mass is 79.9. The molecule has 0 spiro atoms. The highest BCUT2D eigenvalue weighted by molar-refractivity contribution is 9.11. The first kappa shape index (κ1) is 16.5. The number of amides is 1. The van der Waals surface area contributed by atoms with Gasteiger partial charge in [0, 0.05) is 35.1 Å². The molecule has 1 aromatic carbocycles. The van der Waals surface area contributed by atoms with E-state index in [1.54, 1.807) is 0 Å². The van der Waals surface area contributed by atoms with Crippen LogP contribution in [-0.4, -0.2) is 47.9 Å². The van der Waals surface area contributed by atoms with Crippen molar-refractivity contribution in [2.75, 3.05) is 26.2 Å². The van der Waals surface area contributed by atoms with Crippen LogP contribution < -0.4 is 0 Å². The van der Waals surface area contributed by atoms with Gasteiger partial charge in [-0.25, -0.2) is 0 Å². The molecule has 1 amide bonds. The molecule has 112 valence electrons. The summed E-state index contributed by atoms with van der Waals surface area (Å²) in [7, 11) is 0. The summed E-state index contributed by atoms with van der Waals surface area (Å²) in [5.41, 5.74) is 0.680.